The van der Waals surface area contributed by atoms with Gasteiger partial charge in [-0.3, -0.25) is 14.4 Å². The molecule has 2 saturated carbocycles. The van der Waals surface area contributed by atoms with Gasteiger partial charge in [-0.05, 0) is 80.1 Å². The fourth-order valence-electron chi connectivity index (χ4n) is 7.60. The van der Waals surface area contributed by atoms with Gasteiger partial charge in [-0.25, -0.2) is 0 Å². The molecule has 1 aromatic rings. The van der Waals surface area contributed by atoms with Crippen molar-refractivity contribution in [3.05, 3.63) is 58.2 Å². The lowest BCUT2D eigenvalue weighted by Crippen LogP contribution is -2.53. The third-order valence-electron chi connectivity index (χ3n) is 8.97. The molecule has 0 spiro atoms. The van der Waals surface area contributed by atoms with Crippen molar-refractivity contribution >= 4 is 18.0 Å². The van der Waals surface area contributed by atoms with Crippen LogP contribution in [0.2, 0.25) is 0 Å². The number of carbonyl (C=O) groups excluding carboxylic acids is 3. The molecule has 0 radical (unpaired) electrons. The van der Waals surface area contributed by atoms with Crippen LogP contribution in [0.5, 0.6) is 0 Å². The number of ketones is 1. The Kier molecular flexibility index (Phi) is 5.63. The summed E-state index contributed by atoms with van der Waals surface area (Å²) < 4.78 is 6.10. The van der Waals surface area contributed by atoms with Gasteiger partial charge in [0.05, 0.1) is 0 Å². The third-order valence-corrected chi connectivity index (χ3v) is 8.97. The van der Waals surface area contributed by atoms with E-state index in [-0.39, 0.29) is 23.1 Å². The predicted molar refractivity (Wildman–Crippen MR) is 130 cm³/mol. The molecule has 5 rings (SSSR count). The molecule has 0 bridgehead atoms. The van der Waals surface area contributed by atoms with Gasteiger partial charge in [0.15, 0.2) is 11.4 Å². The Balaban J connectivity index is 1.69. The SMILES string of the molecule is CC#C[C@]1(OC(C)=O)CC[C@H]2[C@@H]3CCC4=CC(=O)CCC4=C3[C@@H](c3ccc(C=O)cc3)C[C@@]21C. The molecule has 0 aromatic heterocycles. The second-order valence-electron chi connectivity index (χ2n) is 10.6. The maximum Gasteiger partial charge on any atom is 0.304 e. The molecule has 0 aliphatic heterocycles. The van der Waals surface area contributed by atoms with E-state index in [2.05, 4.69) is 30.9 Å². The Bertz CT molecular complexity index is 1170. The van der Waals surface area contributed by atoms with Gasteiger partial charge in [-0.2, -0.15) is 0 Å². The van der Waals surface area contributed by atoms with Crippen LogP contribution in [0.15, 0.2) is 47.1 Å². The summed E-state index contributed by atoms with van der Waals surface area (Å²) in [7, 11) is 0. The molecule has 1 aromatic carbocycles. The quantitative estimate of drug-likeness (QED) is 0.331. The van der Waals surface area contributed by atoms with Crippen LogP contribution in [0, 0.1) is 29.1 Å². The Morgan fingerprint density at radius 1 is 1.15 bits per heavy atom. The summed E-state index contributed by atoms with van der Waals surface area (Å²) in [6.07, 6.45) is 8.65. The zero-order valence-electron chi connectivity index (χ0n) is 20.3. The topological polar surface area (TPSA) is 60.4 Å². The standard InChI is InChI=1S/C30H32O4/c1-4-14-30(34-19(2)32)15-13-27-25-11-9-22-16-23(33)10-12-24(22)28(25)26(17-29(27,30)3)21-7-5-20(18-31)6-8-21/h5-8,16,18,25-27H,9-13,15,17H2,1-3H3/t25-,26+,27-,29-,30-/m0/s1. The normalized spacial score (nSPS) is 34.1. The van der Waals surface area contributed by atoms with E-state index in [9.17, 15) is 14.4 Å². The number of hydrogen-bond acceptors (Lipinski definition) is 4. The molecule has 4 aliphatic rings. The van der Waals surface area contributed by atoms with Gasteiger partial charge < -0.3 is 4.74 Å². The number of aldehydes is 1. The molecule has 4 heteroatoms. The van der Waals surface area contributed by atoms with Crippen molar-refractivity contribution in [2.24, 2.45) is 17.3 Å². The van der Waals surface area contributed by atoms with E-state index in [4.69, 9.17) is 4.74 Å². The van der Waals surface area contributed by atoms with Gasteiger partial charge in [-0.1, -0.05) is 42.7 Å². The predicted octanol–water partition coefficient (Wildman–Crippen LogP) is 5.72. The Morgan fingerprint density at radius 2 is 1.91 bits per heavy atom. The molecular weight excluding hydrogens is 424 g/mol. The van der Waals surface area contributed by atoms with Crippen molar-refractivity contribution in [2.75, 3.05) is 0 Å². The summed E-state index contributed by atoms with van der Waals surface area (Å²) in [5, 5.41) is 0. The molecule has 2 fully saturated rings. The average Bonchev–Trinajstić information content (AvgIpc) is 3.09. The number of hydrogen-bond donors (Lipinski definition) is 0. The van der Waals surface area contributed by atoms with Crippen molar-refractivity contribution in [1.82, 2.24) is 0 Å². The lowest BCUT2D eigenvalue weighted by Gasteiger charge is -2.54. The maximum absolute atomic E-state index is 12.2. The zero-order chi connectivity index (χ0) is 24.1. The van der Waals surface area contributed by atoms with Gasteiger partial charge in [0.1, 0.15) is 6.29 Å². The van der Waals surface area contributed by atoms with Crippen molar-refractivity contribution in [1.29, 1.82) is 0 Å². The molecule has 4 aliphatic carbocycles. The number of allylic oxidation sites excluding steroid dienone is 4. The summed E-state index contributed by atoms with van der Waals surface area (Å²) in [6, 6.07) is 7.92. The van der Waals surface area contributed by atoms with Crippen molar-refractivity contribution in [3.8, 4) is 11.8 Å². The summed E-state index contributed by atoms with van der Waals surface area (Å²) in [6.45, 7) is 5.59. The summed E-state index contributed by atoms with van der Waals surface area (Å²) in [5.41, 5.74) is 4.87. The van der Waals surface area contributed by atoms with Crippen molar-refractivity contribution in [2.45, 2.75) is 77.2 Å². The highest BCUT2D eigenvalue weighted by molar-refractivity contribution is 5.93. The first-order valence-electron chi connectivity index (χ1n) is 12.5. The minimum Gasteiger partial charge on any atom is -0.445 e. The molecule has 5 atom stereocenters. The summed E-state index contributed by atoms with van der Waals surface area (Å²) in [4.78, 5) is 35.7. The molecular formula is C30H32O4. The van der Waals surface area contributed by atoms with Crippen molar-refractivity contribution < 1.29 is 19.1 Å². The number of benzene rings is 1. The Labute approximate surface area is 201 Å². The van der Waals surface area contributed by atoms with Crippen LogP contribution in [0.4, 0.5) is 0 Å². The van der Waals surface area contributed by atoms with E-state index < -0.39 is 5.60 Å². The fourth-order valence-corrected chi connectivity index (χ4v) is 7.60. The molecule has 0 unspecified atom stereocenters. The van der Waals surface area contributed by atoms with Gasteiger partial charge in [0.25, 0.3) is 0 Å². The highest BCUT2D eigenvalue weighted by Crippen LogP contribution is 2.67. The summed E-state index contributed by atoms with van der Waals surface area (Å²) in [5.74, 6) is 7.30. The fraction of sp³-hybridized carbons (Fsp3) is 0.500. The highest BCUT2D eigenvalue weighted by Gasteiger charge is 2.65. The second-order valence-corrected chi connectivity index (χ2v) is 10.6. The molecule has 4 nitrogen and oxygen atoms in total. The van der Waals surface area contributed by atoms with E-state index in [0.717, 1.165) is 44.8 Å². The lowest BCUT2D eigenvalue weighted by molar-refractivity contribution is -0.164. The van der Waals surface area contributed by atoms with Crippen LogP contribution in [-0.4, -0.2) is 23.6 Å². The van der Waals surface area contributed by atoms with E-state index in [1.807, 2.05) is 25.1 Å². The number of rotatable bonds is 3. The largest absolute Gasteiger partial charge is 0.445 e. The van der Waals surface area contributed by atoms with E-state index in [0.29, 0.717) is 23.8 Å². The molecule has 34 heavy (non-hydrogen) atoms. The van der Waals surface area contributed by atoms with Gasteiger partial charge >= 0.3 is 5.97 Å². The molecule has 0 amide bonds. The molecule has 0 heterocycles. The minimum absolute atomic E-state index is 0.144. The van der Waals surface area contributed by atoms with Crippen LogP contribution in [0.1, 0.15) is 87.6 Å². The first-order chi connectivity index (χ1) is 16.3. The third kappa shape index (κ3) is 3.40. The first-order valence-corrected chi connectivity index (χ1v) is 12.5. The van der Waals surface area contributed by atoms with Gasteiger partial charge in [0.2, 0.25) is 0 Å². The Hall–Kier alpha value is -2.93. The van der Waals surface area contributed by atoms with Crippen LogP contribution in [-0.2, 0) is 14.3 Å². The van der Waals surface area contributed by atoms with Crippen LogP contribution < -0.4 is 0 Å². The lowest BCUT2D eigenvalue weighted by atomic mass is 9.51. The molecule has 0 saturated heterocycles. The number of carbonyl (C=O) groups is 3. The van der Waals surface area contributed by atoms with E-state index in [1.165, 1.54) is 29.2 Å². The first kappa shape index (κ1) is 22.8. The van der Waals surface area contributed by atoms with E-state index in [1.54, 1.807) is 0 Å². The van der Waals surface area contributed by atoms with E-state index >= 15 is 0 Å². The van der Waals surface area contributed by atoms with Crippen LogP contribution in [0.25, 0.3) is 0 Å². The molecule has 0 N–H and O–H groups in total. The smallest absolute Gasteiger partial charge is 0.304 e. The Morgan fingerprint density at radius 3 is 2.59 bits per heavy atom. The minimum atomic E-state index is -0.784. The highest BCUT2D eigenvalue weighted by atomic mass is 16.6. The zero-order valence-corrected chi connectivity index (χ0v) is 20.3. The van der Waals surface area contributed by atoms with Crippen LogP contribution in [0.3, 0.4) is 0 Å². The van der Waals surface area contributed by atoms with Crippen LogP contribution >= 0.6 is 0 Å². The van der Waals surface area contributed by atoms with Gasteiger partial charge in [0, 0.05) is 30.2 Å². The van der Waals surface area contributed by atoms with Gasteiger partial charge in [-0.15, -0.1) is 5.92 Å². The number of ether oxygens (including phenoxy) is 1. The second kappa shape index (κ2) is 8.38. The number of fused-ring (bicyclic) bond motifs is 4. The average molecular weight is 457 g/mol. The molecule has 176 valence electrons. The summed E-state index contributed by atoms with van der Waals surface area (Å²) >= 11 is 0. The van der Waals surface area contributed by atoms with Crippen molar-refractivity contribution in [3.63, 3.8) is 0 Å². The maximum atomic E-state index is 12.2. The number of esters is 1. The monoisotopic (exact) mass is 456 g/mol.